The molecule has 2 N–H and O–H groups in total. The standard InChI is InChI=1S/C13H24N2O.ClH/c1-10-4-6-11(7-5-10)15-13(16)9-12-3-2-8-14-12;/h10-12,14H,2-9H2,1H3,(H,15,16);1H. The van der Waals surface area contributed by atoms with E-state index in [9.17, 15) is 4.79 Å². The molecule has 1 saturated carbocycles. The first-order chi connectivity index (χ1) is 7.74. The molecule has 1 heterocycles. The molecule has 3 nitrogen and oxygen atoms in total. The molecule has 1 aliphatic carbocycles. The molecule has 17 heavy (non-hydrogen) atoms. The van der Waals surface area contributed by atoms with Crippen LogP contribution in [0.1, 0.15) is 51.9 Å². The van der Waals surface area contributed by atoms with Crippen LogP contribution in [0.25, 0.3) is 0 Å². The summed E-state index contributed by atoms with van der Waals surface area (Å²) in [6.07, 6.45) is 7.94. The summed E-state index contributed by atoms with van der Waals surface area (Å²) in [5.74, 6) is 1.10. The number of halogens is 1. The zero-order valence-corrected chi connectivity index (χ0v) is 11.5. The molecule has 1 saturated heterocycles. The van der Waals surface area contributed by atoms with E-state index in [1.807, 2.05) is 0 Å². The first-order valence-electron chi connectivity index (χ1n) is 6.77. The summed E-state index contributed by atoms with van der Waals surface area (Å²) in [4.78, 5) is 11.8. The zero-order chi connectivity index (χ0) is 11.4. The van der Waals surface area contributed by atoms with Gasteiger partial charge in [-0.2, -0.15) is 0 Å². The summed E-state index contributed by atoms with van der Waals surface area (Å²) in [6.45, 7) is 3.39. The SMILES string of the molecule is CC1CCC(NC(=O)CC2CCCN2)CC1.Cl. The molecule has 0 bridgehead atoms. The second-order valence-corrected chi connectivity index (χ2v) is 5.52. The molecule has 0 aromatic heterocycles. The van der Waals surface area contributed by atoms with Gasteiger partial charge in [0, 0.05) is 18.5 Å². The molecule has 0 radical (unpaired) electrons. The second-order valence-electron chi connectivity index (χ2n) is 5.52. The molecule has 0 spiro atoms. The second kappa shape index (κ2) is 7.22. The fourth-order valence-corrected chi connectivity index (χ4v) is 2.85. The highest BCUT2D eigenvalue weighted by Gasteiger charge is 2.22. The van der Waals surface area contributed by atoms with Gasteiger partial charge in [-0.15, -0.1) is 12.4 Å². The zero-order valence-electron chi connectivity index (χ0n) is 10.7. The van der Waals surface area contributed by atoms with Gasteiger partial charge in [0.25, 0.3) is 0 Å². The first kappa shape index (κ1) is 14.8. The number of hydrogen-bond donors (Lipinski definition) is 2. The molecule has 100 valence electrons. The molecular weight excluding hydrogens is 236 g/mol. The Kier molecular flexibility index (Phi) is 6.28. The summed E-state index contributed by atoms with van der Waals surface area (Å²) in [5, 5.41) is 6.56. The van der Waals surface area contributed by atoms with Crippen molar-refractivity contribution in [3.05, 3.63) is 0 Å². The number of hydrogen-bond acceptors (Lipinski definition) is 2. The highest BCUT2D eigenvalue weighted by atomic mass is 35.5. The highest BCUT2D eigenvalue weighted by molar-refractivity contribution is 5.85. The van der Waals surface area contributed by atoms with E-state index < -0.39 is 0 Å². The van der Waals surface area contributed by atoms with Gasteiger partial charge in [0.15, 0.2) is 0 Å². The number of carbonyl (C=O) groups is 1. The van der Waals surface area contributed by atoms with E-state index in [4.69, 9.17) is 0 Å². The van der Waals surface area contributed by atoms with E-state index in [-0.39, 0.29) is 18.3 Å². The average Bonchev–Trinajstić information content (AvgIpc) is 2.74. The molecule has 1 unspecified atom stereocenters. The van der Waals surface area contributed by atoms with E-state index in [1.165, 1.54) is 32.1 Å². The lowest BCUT2D eigenvalue weighted by molar-refractivity contribution is -0.122. The fourth-order valence-electron chi connectivity index (χ4n) is 2.85. The van der Waals surface area contributed by atoms with Gasteiger partial charge >= 0.3 is 0 Å². The van der Waals surface area contributed by atoms with Gasteiger partial charge in [-0.05, 0) is 51.0 Å². The summed E-state index contributed by atoms with van der Waals surface area (Å²) >= 11 is 0. The van der Waals surface area contributed by atoms with Crippen molar-refractivity contribution in [2.45, 2.75) is 64.0 Å². The minimum Gasteiger partial charge on any atom is -0.353 e. The van der Waals surface area contributed by atoms with E-state index in [1.54, 1.807) is 0 Å². The first-order valence-corrected chi connectivity index (χ1v) is 6.77. The average molecular weight is 261 g/mol. The van der Waals surface area contributed by atoms with Crippen LogP contribution in [-0.2, 0) is 4.79 Å². The van der Waals surface area contributed by atoms with E-state index >= 15 is 0 Å². The lowest BCUT2D eigenvalue weighted by atomic mass is 9.87. The molecule has 2 fully saturated rings. The normalized spacial score (nSPS) is 32.9. The van der Waals surface area contributed by atoms with E-state index in [0.29, 0.717) is 18.5 Å². The van der Waals surface area contributed by atoms with Crippen LogP contribution < -0.4 is 10.6 Å². The molecule has 2 rings (SSSR count). The third kappa shape index (κ3) is 4.84. The lowest BCUT2D eigenvalue weighted by Gasteiger charge is -2.27. The summed E-state index contributed by atoms with van der Waals surface area (Å²) in [5.41, 5.74) is 0. The topological polar surface area (TPSA) is 41.1 Å². The van der Waals surface area contributed by atoms with Crippen LogP contribution in [0.5, 0.6) is 0 Å². The highest BCUT2D eigenvalue weighted by Crippen LogP contribution is 2.23. The number of rotatable bonds is 3. The molecular formula is C13H25ClN2O. The minimum atomic E-state index is 0. The van der Waals surface area contributed by atoms with Crippen LogP contribution in [0.2, 0.25) is 0 Å². The largest absolute Gasteiger partial charge is 0.353 e. The van der Waals surface area contributed by atoms with Crippen LogP contribution in [-0.4, -0.2) is 24.5 Å². The number of carbonyl (C=O) groups excluding carboxylic acids is 1. The fraction of sp³-hybridized carbons (Fsp3) is 0.923. The summed E-state index contributed by atoms with van der Waals surface area (Å²) in [6, 6.07) is 0.882. The summed E-state index contributed by atoms with van der Waals surface area (Å²) < 4.78 is 0. The van der Waals surface area contributed by atoms with Gasteiger partial charge in [-0.25, -0.2) is 0 Å². The predicted octanol–water partition coefficient (Wildman–Crippen LogP) is 2.25. The van der Waals surface area contributed by atoms with Gasteiger partial charge < -0.3 is 10.6 Å². The maximum absolute atomic E-state index is 11.8. The Balaban J connectivity index is 0.00000144. The van der Waals surface area contributed by atoms with Crippen LogP contribution in [0.4, 0.5) is 0 Å². The van der Waals surface area contributed by atoms with Gasteiger partial charge in [0.1, 0.15) is 0 Å². The Labute approximate surface area is 111 Å². The van der Waals surface area contributed by atoms with Gasteiger partial charge in [0.2, 0.25) is 5.91 Å². The van der Waals surface area contributed by atoms with Crippen LogP contribution in [0.3, 0.4) is 0 Å². The molecule has 2 aliphatic rings. The Morgan fingerprint density at radius 1 is 1.24 bits per heavy atom. The van der Waals surface area contributed by atoms with Crippen LogP contribution >= 0.6 is 12.4 Å². The molecule has 4 heteroatoms. The van der Waals surface area contributed by atoms with Gasteiger partial charge in [-0.3, -0.25) is 4.79 Å². The smallest absolute Gasteiger partial charge is 0.221 e. The van der Waals surface area contributed by atoms with Gasteiger partial charge in [-0.1, -0.05) is 6.92 Å². The van der Waals surface area contributed by atoms with E-state index in [2.05, 4.69) is 17.6 Å². The van der Waals surface area contributed by atoms with Crippen molar-refractivity contribution in [3.8, 4) is 0 Å². The number of nitrogens with one attached hydrogen (secondary N) is 2. The van der Waals surface area contributed by atoms with E-state index in [0.717, 1.165) is 18.9 Å². The predicted molar refractivity (Wildman–Crippen MR) is 72.5 cm³/mol. The van der Waals surface area contributed by atoms with Gasteiger partial charge in [0.05, 0.1) is 0 Å². The minimum absolute atomic E-state index is 0. The third-order valence-electron chi connectivity index (χ3n) is 3.98. The molecule has 0 aromatic rings. The maximum atomic E-state index is 11.8. The number of amides is 1. The Hall–Kier alpha value is -0.280. The maximum Gasteiger partial charge on any atom is 0.221 e. The van der Waals surface area contributed by atoms with Crippen molar-refractivity contribution < 1.29 is 4.79 Å². The molecule has 1 aliphatic heterocycles. The Morgan fingerprint density at radius 2 is 1.94 bits per heavy atom. The Bertz CT molecular complexity index is 234. The third-order valence-corrected chi connectivity index (χ3v) is 3.98. The Morgan fingerprint density at radius 3 is 2.53 bits per heavy atom. The molecule has 0 aromatic carbocycles. The van der Waals surface area contributed by atoms with Crippen molar-refractivity contribution in [2.24, 2.45) is 5.92 Å². The van der Waals surface area contributed by atoms with Crippen molar-refractivity contribution in [2.75, 3.05) is 6.54 Å². The van der Waals surface area contributed by atoms with Crippen molar-refractivity contribution in [1.82, 2.24) is 10.6 Å². The van der Waals surface area contributed by atoms with Crippen molar-refractivity contribution in [3.63, 3.8) is 0 Å². The van der Waals surface area contributed by atoms with Crippen molar-refractivity contribution in [1.29, 1.82) is 0 Å². The van der Waals surface area contributed by atoms with Crippen molar-refractivity contribution >= 4 is 18.3 Å². The summed E-state index contributed by atoms with van der Waals surface area (Å²) in [7, 11) is 0. The van der Waals surface area contributed by atoms with Crippen LogP contribution in [0.15, 0.2) is 0 Å². The lowest BCUT2D eigenvalue weighted by Crippen LogP contribution is -2.40. The molecule has 1 atom stereocenters. The van der Waals surface area contributed by atoms with Crippen LogP contribution in [0, 0.1) is 5.92 Å². The molecule has 1 amide bonds. The quantitative estimate of drug-likeness (QED) is 0.817. The monoisotopic (exact) mass is 260 g/mol.